The Morgan fingerprint density at radius 2 is 1.95 bits per heavy atom. The maximum absolute atomic E-state index is 12.3. The lowest BCUT2D eigenvalue weighted by Crippen LogP contribution is -2.57. The zero-order chi connectivity index (χ0) is 13.9. The monoisotopic (exact) mass is 270 g/mol. The molecular weight excluding hydrogens is 248 g/mol. The van der Waals surface area contributed by atoms with Crippen molar-refractivity contribution in [3.05, 3.63) is 41.5 Å². The number of fused-ring (bicyclic) bond motifs is 3. The maximum atomic E-state index is 12.3. The summed E-state index contributed by atoms with van der Waals surface area (Å²) in [5.41, 5.74) is 1.86. The third-order valence-electron chi connectivity index (χ3n) is 4.51. The fraction of sp³-hybridized carbons (Fsp3) is 0.471. The summed E-state index contributed by atoms with van der Waals surface area (Å²) < 4.78 is 0. The van der Waals surface area contributed by atoms with Crippen molar-refractivity contribution in [3.8, 4) is 0 Å². The molecule has 3 aliphatic heterocycles. The zero-order valence-corrected chi connectivity index (χ0v) is 12.0. The molecule has 3 aliphatic rings. The Balaban J connectivity index is 1.63. The van der Waals surface area contributed by atoms with E-state index in [4.69, 9.17) is 0 Å². The van der Waals surface area contributed by atoms with Gasteiger partial charge in [-0.2, -0.15) is 0 Å². The second kappa shape index (κ2) is 5.80. The third kappa shape index (κ3) is 2.93. The number of hydrogen-bond acceptors (Lipinski definition) is 2. The van der Waals surface area contributed by atoms with Gasteiger partial charge in [-0.25, -0.2) is 0 Å². The molecule has 0 radical (unpaired) electrons. The Kier molecular flexibility index (Phi) is 3.88. The summed E-state index contributed by atoms with van der Waals surface area (Å²) >= 11 is 0. The van der Waals surface area contributed by atoms with Gasteiger partial charge in [0.1, 0.15) is 0 Å². The van der Waals surface area contributed by atoms with Crippen molar-refractivity contribution in [2.75, 3.05) is 19.6 Å². The summed E-state index contributed by atoms with van der Waals surface area (Å²) in [6, 6.07) is 10.3. The lowest BCUT2D eigenvalue weighted by atomic mass is 9.84. The summed E-state index contributed by atoms with van der Waals surface area (Å²) in [5.74, 6) is 0.751. The van der Waals surface area contributed by atoms with Gasteiger partial charge in [0.05, 0.1) is 0 Å². The van der Waals surface area contributed by atoms with Crippen molar-refractivity contribution in [3.63, 3.8) is 0 Å². The molecule has 0 saturated carbocycles. The average molecular weight is 270 g/mol. The van der Waals surface area contributed by atoms with E-state index in [2.05, 4.69) is 10.2 Å². The van der Waals surface area contributed by atoms with Crippen LogP contribution in [0.3, 0.4) is 0 Å². The third-order valence-corrected chi connectivity index (χ3v) is 4.51. The first-order chi connectivity index (χ1) is 9.72. The molecule has 3 fully saturated rings. The van der Waals surface area contributed by atoms with Gasteiger partial charge in [0.2, 0.25) is 5.91 Å². The summed E-state index contributed by atoms with van der Waals surface area (Å²) in [5, 5.41) is 3.22. The van der Waals surface area contributed by atoms with Gasteiger partial charge in [-0.3, -0.25) is 4.79 Å². The Labute approximate surface area is 120 Å². The minimum Gasteiger partial charge on any atom is -0.348 e. The van der Waals surface area contributed by atoms with E-state index in [1.54, 1.807) is 0 Å². The number of rotatable bonds is 3. The number of hydrogen-bond donors (Lipinski definition) is 1. The molecule has 106 valence electrons. The van der Waals surface area contributed by atoms with Crippen LogP contribution in [-0.4, -0.2) is 36.5 Å². The number of benzene rings is 1. The smallest absolute Gasteiger partial charge is 0.247 e. The molecule has 1 amide bonds. The van der Waals surface area contributed by atoms with Crippen molar-refractivity contribution >= 4 is 12.0 Å². The molecular formula is C17H22N2O. The van der Waals surface area contributed by atoms with Crippen LogP contribution >= 0.6 is 0 Å². The fourth-order valence-electron chi connectivity index (χ4n) is 3.28. The van der Waals surface area contributed by atoms with E-state index in [1.165, 1.54) is 25.9 Å². The van der Waals surface area contributed by atoms with Gasteiger partial charge < -0.3 is 10.2 Å². The SMILES string of the molecule is CC(=Cc1ccccc1)C(=O)N[C@@H]1CN2CCC1CC2. The molecule has 0 aliphatic carbocycles. The van der Waals surface area contributed by atoms with E-state index in [0.717, 1.165) is 17.7 Å². The summed E-state index contributed by atoms with van der Waals surface area (Å²) in [6.07, 6.45) is 4.41. The molecule has 3 heteroatoms. The van der Waals surface area contributed by atoms with Crippen LogP contribution in [0.25, 0.3) is 6.08 Å². The lowest BCUT2D eigenvalue weighted by Gasteiger charge is -2.44. The number of nitrogens with zero attached hydrogens (tertiary/aromatic N) is 1. The molecule has 4 rings (SSSR count). The highest BCUT2D eigenvalue weighted by atomic mass is 16.1. The largest absolute Gasteiger partial charge is 0.348 e. The van der Waals surface area contributed by atoms with E-state index in [0.29, 0.717) is 12.0 Å². The van der Waals surface area contributed by atoms with Crippen LogP contribution in [0.15, 0.2) is 35.9 Å². The molecule has 0 unspecified atom stereocenters. The highest BCUT2D eigenvalue weighted by Crippen LogP contribution is 2.27. The van der Waals surface area contributed by atoms with Gasteiger partial charge in [0.15, 0.2) is 0 Å². The van der Waals surface area contributed by atoms with Crippen molar-refractivity contribution in [1.29, 1.82) is 0 Å². The number of nitrogens with one attached hydrogen (secondary N) is 1. The van der Waals surface area contributed by atoms with Crippen molar-refractivity contribution < 1.29 is 4.79 Å². The zero-order valence-electron chi connectivity index (χ0n) is 12.0. The molecule has 20 heavy (non-hydrogen) atoms. The highest BCUT2D eigenvalue weighted by molar-refractivity contribution is 5.97. The summed E-state index contributed by atoms with van der Waals surface area (Å²) in [7, 11) is 0. The molecule has 3 saturated heterocycles. The van der Waals surface area contributed by atoms with Crippen LogP contribution < -0.4 is 5.32 Å². The van der Waals surface area contributed by atoms with Crippen LogP contribution in [-0.2, 0) is 4.79 Å². The molecule has 2 bridgehead atoms. The van der Waals surface area contributed by atoms with Crippen LogP contribution in [0.1, 0.15) is 25.3 Å². The number of piperidine rings is 3. The normalized spacial score (nSPS) is 29.2. The van der Waals surface area contributed by atoms with E-state index in [1.807, 2.05) is 43.3 Å². The van der Waals surface area contributed by atoms with Crippen molar-refractivity contribution in [2.45, 2.75) is 25.8 Å². The van der Waals surface area contributed by atoms with Crippen LogP contribution in [0.5, 0.6) is 0 Å². The Morgan fingerprint density at radius 1 is 1.25 bits per heavy atom. The Morgan fingerprint density at radius 3 is 2.55 bits per heavy atom. The van der Waals surface area contributed by atoms with Gasteiger partial charge in [-0.1, -0.05) is 30.3 Å². The molecule has 3 nitrogen and oxygen atoms in total. The van der Waals surface area contributed by atoms with Crippen molar-refractivity contribution in [1.82, 2.24) is 10.2 Å². The second-order valence-corrected chi connectivity index (χ2v) is 5.96. The number of carbonyl (C=O) groups excluding carboxylic acids is 1. The van der Waals surface area contributed by atoms with Gasteiger partial charge in [0.25, 0.3) is 0 Å². The maximum Gasteiger partial charge on any atom is 0.247 e. The van der Waals surface area contributed by atoms with Crippen LogP contribution in [0, 0.1) is 5.92 Å². The van der Waals surface area contributed by atoms with E-state index in [-0.39, 0.29) is 5.91 Å². The minimum atomic E-state index is 0.0765. The predicted molar refractivity (Wildman–Crippen MR) is 81.2 cm³/mol. The van der Waals surface area contributed by atoms with Gasteiger partial charge in [0, 0.05) is 18.2 Å². The van der Waals surface area contributed by atoms with Crippen LogP contribution in [0.2, 0.25) is 0 Å². The van der Waals surface area contributed by atoms with Crippen molar-refractivity contribution in [2.24, 2.45) is 5.92 Å². The molecule has 3 heterocycles. The minimum absolute atomic E-state index is 0.0765. The highest BCUT2D eigenvalue weighted by Gasteiger charge is 2.34. The molecule has 1 aromatic rings. The molecule has 1 N–H and O–H groups in total. The molecule has 1 aromatic carbocycles. The van der Waals surface area contributed by atoms with E-state index < -0.39 is 0 Å². The Bertz CT molecular complexity index is 501. The first kappa shape index (κ1) is 13.4. The fourth-order valence-corrected chi connectivity index (χ4v) is 3.28. The van der Waals surface area contributed by atoms with Gasteiger partial charge in [-0.05, 0) is 50.4 Å². The first-order valence-corrected chi connectivity index (χ1v) is 7.49. The number of carbonyl (C=O) groups is 1. The summed E-state index contributed by atoms with van der Waals surface area (Å²) in [4.78, 5) is 14.8. The van der Waals surface area contributed by atoms with Gasteiger partial charge in [-0.15, -0.1) is 0 Å². The molecule has 1 atom stereocenters. The first-order valence-electron chi connectivity index (χ1n) is 7.49. The van der Waals surface area contributed by atoms with Crippen LogP contribution in [0.4, 0.5) is 0 Å². The average Bonchev–Trinajstić information content (AvgIpc) is 2.49. The standard InChI is InChI=1S/C17H22N2O/c1-13(11-14-5-3-2-4-6-14)17(20)18-16-12-19-9-7-15(16)8-10-19/h2-6,11,15-16H,7-10,12H2,1H3,(H,18,20)/t16-/m1/s1. The second-order valence-electron chi connectivity index (χ2n) is 5.96. The quantitative estimate of drug-likeness (QED) is 0.855. The lowest BCUT2D eigenvalue weighted by molar-refractivity contribution is -0.119. The number of amides is 1. The molecule has 0 spiro atoms. The molecule has 0 aromatic heterocycles. The Hall–Kier alpha value is -1.61. The van der Waals surface area contributed by atoms with Gasteiger partial charge >= 0.3 is 0 Å². The predicted octanol–water partition coefficient (Wildman–Crippen LogP) is 2.30. The topological polar surface area (TPSA) is 32.3 Å². The van der Waals surface area contributed by atoms with E-state index >= 15 is 0 Å². The van der Waals surface area contributed by atoms with E-state index in [9.17, 15) is 4.79 Å². The summed E-state index contributed by atoms with van der Waals surface area (Å²) in [6.45, 7) is 5.32.